The van der Waals surface area contributed by atoms with Gasteiger partial charge >= 0.3 is 6.03 Å². The molecule has 2 aromatic heterocycles. The zero-order chi connectivity index (χ0) is 23.9. The molecule has 180 valence electrons. The molecule has 2 amide bonds. The molecule has 1 atom stereocenters. The highest BCUT2D eigenvalue weighted by atomic mass is 19.1. The maximum absolute atomic E-state index is 15.6. The van der Waals surface area contributed by atoms with Crippen molar-refractivity contribution in [1.29, 1.82) is 0 Å². The van der Waals surface area contributed by atoms with Gasteiger partial charge < -0.3 is 14.7 Å². The molecule has 0 saturated carbocycles. The van der Waals surface area contributed by atoms with Crippen LogP contribution in [0, 0.1) is 0 Å². The Morgan fingerprint density at radius 1 is 0.971 bits per heavy atom. The average Bonchev–Trinajstić information content (AvgIpc) is 3.38. The van der Waals surface area contributed by atoms with E-state index in [4.69, 9.17) is 4.98 Å². The second-order valence-corrected chi connectivity index (χ2v) is 9.34. The van der Waals surface area contributed by atoms with Crippen LogP contribution >= 0.6 is 0 Å². The van der Waals surface area contributed by atoms with Crippen LogP contribution in [0.15, 0.2) is 54.3 Å². The van der Waals surface area contributed by atoms with Gasteiger partial charge in [-0.05, 0) is 48.6 Å². The van der Waals surface area contributed by atoms with E-state index in [1.807, 2.05) is 15.9 Å². The summed E-state index contributed by atoms with van der Waals surface area (Å²) in [6.07, 6.45) is 9.93. The SMILES string of the molecule is O=C(N1CCCC1)N1CCN(c2cnc3c(n2)-c2ccncc2CC2=CC(F)=CC=C3C2F)CC1. The lowest BCUT2D eigenvalue weighted by Crippen LogP contribution is -2.52. The van der Waals surface area contributed by atoms with Crippen LogP contribution in [0.5, 0.6) is 0 Å². The molecule has 4 heterocycles. The van der Waals surface area contributed by atoms with Gasteiger partial charge in [-0.25, -0.2) is 18.6 Å². The molecule has 0 aromatic carbocycles. The number of likely N-dealkylation sites (tertiary alicyclic amines) is 1. The number of allylic oxidation sites excluding steroid dienone is 6. The number of hydrogen-bond donors (Lipinski definition) is 0. The third kappa shape index (κ3) is 3.98. The van der Waals surface area contributed by atoms with Crippen molar-refractivity contribution in [2.75, 3.05) is 44.2 Å². The van der Waals surface area contributed by atoms with Gasteiger partial charge in [0.25, 0.3) is 0 Å². The standard InChI is InChI=1S/C26H26F2N6O/c27-19-3-4-21-23(28)17(14-19)13-18-15-29-6-5-20(18)25-24(21)30-16-22(31-25)32-9-11-34(12-10-32)26(35)33-7-1-2-8-33/h3-6,14-16,23H,1-2,7-13H2. The van der Waals surface area contributed by atoms with E-state index in [1.54, 1.807) is 18.6 Å². The molecule has 2 aliphatic heterocycles. The predicted octanol–water partition coefficient (Wildman–Crippen LogP) is 3.95. The summed E-state index contributed by atoms with van der Waals surface area (Å²) in [4.78, 5) is 32.5. The summed E-state index contributed by atoms with van der Waals surface area (Å²) < 4.78 is 29.8. The van der Waals surface area contributed by atoms with E-state index in [2.05, 4.69) is 14.9 Å². The number of urea groups is 1. The van der Waals surface area contributed by atoms with Crippen LogP contribution in [-0.2, 0) is 6.42 Å². The van der Waals surface area contributed by atoms with Gasteiger partial charge in [-0.15, -0.1) is 0 Å². The second kappa shape index (κ2) is 8.87. The van der Waals surface area contributed by atoms with Crippen LogP contribution in [0.3, 0.4) is 0 Å². The lowest BCUT2D eigenvalue weighted by molar-refractivity contribution is 0.159. The molecule has 2 fully saturated rings. The number of piperazine rings is 1. The van der Waals surface area contributed by atoms with Gasteiger partial charge in [-0.2, -0.15) is 0 Å². The molecular weight excluding hydrogens is 450 g/mol. The van der Waals surface area contributed by atoms with Crippen molar-refractivity contribution in [1.82, 2.24) is 24.8 Å². The van der Waals surface area contributed by atoms with Crippen molar-refractivity contribution in [3.05, 3.63) is 65.5 Å². The Kier molecular flexibility index (Phi) is 5.54. The minimum absolute atomic E-state index is 0.117. The largest absolute Gasteiger partial charge is 0.352 e. The van der Waals surface area contributed by atoms with Gasteiger partial charge in [0.1, 0.15) is 17.8 Å². The third-order valence-corrected chi connectivity index (χ3v) is 7.18. The molecule has 2 aromatic rings. The molecule has 2 aliphatic carbocycles. The van der Waals surface area contributed by atoms with E-state index in [0.717, 1.165) is 37.1 Å². The number of carbonyl (C=O) groups is 1. The van der Waals surface area contributed by atoms with Crippen LogP contribution in [0.1, 0.15) is 24.1 Å². The van der Waals surface area contributed by atoms with Crippen molar-refractivity contribution >= 4 is 17.4 Å². The van der Waals surface area contributed by atoms with Gasteiger partial charge in [0.2, 0.25) is 0 Å². The summed E-state index contributed by atoms with van der Waals surface area (Å²) in [7, 11) is 0. The van der Waals surface area contributed by atoms with Crippen LogP contribution in [0.4, 0.5) is 19.4 Å². The van der Waals surface area contributed by atoms with E-state index >= 15 is 4.39 Å². The molecule has 2 bridgehead atoms. The monoisotopic (exact) mass is 476 g/mol. The van der Waals surface area contributed by atoms with Gasteiger partial charge in [0.15, 0.2) is 0 Å². The summed E-state index contributed by atoms with van der Waals surface area (Å²) in [6, 6.07) is 1.97. The highest BCUT2D eigenvalue weighted by Gasteiger charge is 2.32. The number of alkyl halides is 1. The topological polar surface area (TPSA) is 65.5 Å². The number of fused-ring (bicyclic) bond motifs is 6. The predicted molar refractivity (Wildman–Crippen MR) is 129 cm³/mol. The fourth-order valence-corrected chi connectivity index (χ4v) is 5.28. The van der Waals surface area contributed by atoms with Gasteiger partial charge in [-0.3, -0.25) is 9.97 Å². The number of hydrogen-bond acceptors (Lipinski definition) is 5. The molecule has 4 aliphatic rings. The van der Waals surface area contributed by atoms with Crippen LogP contribution < -0.4 is 4.90 Å². The molecule has 1 unspecified atom stereocenters. The summed E-state index contributed by atoms with van der Waals surface area (Å²) in [5, 5.41) is 0. The van der Waals surface area contributed by atoms with Gasteiger partial charge in [0.05, 0.1) is 17.6 Å². The number of rotatable bonds is 1. The Morgan fingerprint density at radius 2 is 1.74 bits per heavy atom. The fraction of sp³-hybridized carbons (Fsp3) is 0.385. The smallest absolute Gasteiger partial charge is 0.320 e. The van der Waals surface area contributed by atoms with Crippen molar-refractivity contribution < 1.29 is 13.6 Å². The van der Waals surface area contributed by atoms with E-state index in [-0.39, 0.29) is 12.5 Å². The maximum Gasteiger partial charge on any atom is 0.320 e. The molecule has 7 nitrogen and oxygen atoms in total. The normalized spacial score (nSPS) is 21.7. The van der Waals surface area contributed by atoms with Crippen LogP contribution in [-0.4, -0.2) is 76.2 Å². The molecular formula is C26H26F2N6O. The van der Waals surface area contributed by atoms with Crippen molar-refractivity contribution in [2.45, 2.75) is 25.4 Å². The lowest BCUT2D eigenvalue weighted by Gasteiger charge is -2.37. The fourth-order valence-electron chi connectivity index (χ4n) is 5.28. The van der Waals surface area contributed by atoms with E-state index in [0.29, 0.717) is 54.5 Å². The quantitative estimate of drug-likeness (QED) is 0.624. The minimum Gasteiger partial charge on any atom is -0.352 e. The molecule has 0 N–H and O–H groups in total. The van der Waals surface area contributed by atoms with E-state index in [9.17, 15) is 9.18 Å². The molecule has 9 heteroatoms. The zero-order valence-electron chi connectivity index (χ0n) is 19.3. The number of pyridine rings is 1. The Bertz CT molecular complexity index is 1260. The first kappa shape index (κ1) is 21.9. The van der Waals surface area contributed by atoms with Gasteiger partial charge in [0, 0.05) is 62.8 Å². The van der Waals surface area contributed by atoms with E-state index < -0.39 is 12.0 Å². The first-order valence-corrected chi connectivity index (χ1v) is 12.1. The van der Waals surface area contributed by atoms with Crippen molar-refractivity contribution in [3.8, 4) is 11.3 Å². The summed E-state index contributed by atoms with van der Waals surface area (Å²) >= 11 is 0. The first-order valence-electron chi connectivity index (χ1n) is 12.1. The van der Waals surface area contributed by atoms with Gasteiger partial charge in [-0.1, -0.05) is 6.08 Å². The highest BCUT2D eigenvalue weighted by molar-refractivity contribution is 5.84. The number of nitrogens with zero attached hydrogens (tertiary/aromatic N) is 6. The second-order valence-electron chi connectivity index (χ2n) is 9.34. The summed E-state index contributed by atoms with van der Waals surface area (Å²) in [5.74, 6) is 0.194. The summed E-state index contributed by atoms with van der Waals surface area (Å²) in [6.45, 7) is 4.20. The number of carbonyl (C=O) groups excluding carboxylic acids is 1. The Morgan fingerprint density at radius 3 is 2.54 bits per heavy atom. The number of aromatic nitrogens is 3. The lowest BCUT2D eigenvalue weighted by atomic mass is 9.87. The third-order valence-electron chi connectivity index (χ3n) is 7.18. The molecule has 35 heavy (non-hydrogen) atoms. The van der Waals surface area contributed by atoms with Crippen molar-refractivity contribution in [3.63, 3.8) is 0 Å². The van der Waals surface area contributed by atoms with Crippen LogP contribution in [0.25, 0.3) is 16.8 Å². The van der Waals surface area contributed by atoms with Crippen LogP contribution in [0.2, 0.25) is 0 Å². The highest BCUT2D eigenvalue weighted by Crippen LogP contribution is 2.40. The molecule has 2 saturated heterocycles. The Hall–Kier alpha value is -3.62. The Balaban J connectivity index is 1.33. The van der Waals surface area contributed by atoms with Crippen molar-refractivity contribution in [2.24, 2.45) is 0 Å². The zero-order valence-corrected chi connectivity index (χ0v) is 19.3. The summed E-state index contributed by atoms with van der Waals surface area (Å²) in [5.41, 5.74) is 3.22. The number of anilines is 1. The molecule has 0 radical (unpaired) electrons. The molecule has 0 spiro atoms. The minimum atomic E-state index is -1.48. The van der Waals surface area contributed by atoms with E-state index in [1.165, 1.54) is 18.2 Å². The first-order chi connectivity index (χ1) is 17.1. The number of halogens is 2. The molecule has 6 rings (SSSR count). The average molecular weight is 477 g/mol. The number of amides is 2. The Labute approximate surface area is 202 Å². The maximum atomic E-state index is 15.6.